The number of benzene rings is 2. The SMILES string of the molecule is Cn1nnc(O)c1-c1cc(Br)c(F)c(F)c1Nc1ccc(I)cc1N. The van der Waals surface area contributed by atoms with E-state index in [1.807, 2.05) is 0 Å². The van der Waals surface area contributed by atoms with E-state index in [1.165, 1.54) is 17.8 Å². The van der Waals surface area contributed by atoms with Crippen molar-refractivity contribution < 1.29 is 13.9 Å². The first kappa shape index (κ1) is 17.9. The predicted octanol–water partition coefficient (Wildman–Crippen LogP) is 4.16. The monoisotopic (exact) mass is 521 g/mol. The number of hydrogen-bond acceptors (Lipinski definition) is 5. The lowest BCUT2D eigenvalue weighted by Gasteiger charge is -2.16. The molecule has 2 aromatic carbocycles. The van der Waals surface area contributed by atoms with E-state index in [2.05, 4.69) is 54.1 Å². The molecule has 0 fully saturated rings. The molecule has 0 amide bonds. The molecule has 3 aromatic rings. The van der Waals surface area contributed by atoms with Crippen LogP contribution in [0.5, 0.6) is 5.88 Å². The number of aromatic hydroxyl groups is 1. The number of hydrogen-bond donors (Lipinski definition) is 3. The van der Waals surface area contributed by atoms with Crippen LogP contribution in [0.2, 0.25) is 0 Å². The summed E-state index contributed by atoms with van der Waals surface area (Å²) in [7, 11) is 1.53. The molecule has 3 rings (SSSR count). The Morgan fingerprint density at radius 3 is 2.60 bits per heavy atom. The number of halogens is 4. The van der Waals surface area contributed by atoms with E-state index in [1.54, 1.807) is 18.2 Å². The first-order valence-electron chi connectivity index (χ1n) is 6.88. The van der Waals surface area contributed by atoms with Gasteiger partial charge < -0.3 is 16.2 Å². The molecule has 0 atom stereocenters. The minimum absolute atomic E-state index is 0.0956. The van der Waals surface area contributed by atoms with Crippen molar-refractivity contribution in [1.82, 2.24) is 15.0 Å². The van der Waals surface area contributed by atoms with E-state index in [0.717, 1.165) is 3.57 Å². The molecule has 25 heavy (non-hydrogen) atoms. The van der Waals surface area contributed by atoms with E-state index in [-0.39, 0.29) is 21.4 Å². The van der Waals surface area contributed by atoms with E-state index >= 15 is 0 Å². The third kappa shape index (κ3) is 3.27. The third-order valence-electron chi connectivity index (χ3n) is 3.50. The zero-order valence-electron chi connectivity index (χ0n) is 12.7. The van der Waals surface area contributed by atoms with Gasteiger partial charge in [-0.2, -0.15) is 0 Å². The van der Waals surface area contributed by atoms with Crippen LogP contribution in [0, 0.1) is 15.2 Å². The molecule has 0 radical (unpaired) electrons. The normalized spacial score (nSPS) is 10.9. The van der Waals surface area contributed by atoms with Crippen molar-refractivity contribution in [2.75, 3.05) is 11.1 Å². The molecule has 10 heteroatoms. The molecule has 0 aliphatic heterocycles. The molecule has 4 N–H and O–H groups in total. The second-order valence-electron chi connectivity index (χ2n) is 5.15. The summed E-state index contributed by atoms with van der Waals surface area (Å²) in [5, 5.41) is 20.0. The molecule has 0 aliphatic carbocycles. The fraction of sp³-hybridized carbons (Fsp3) is 0.0667. The van der Waals surface area contributed by atoms with E-state index in [4.69, 9.17) is 5.73 Å². The van der Waals surface area contributed by atoms with Gasteiger partial charge in [0.15, 0.2) is 11.6 Å². The average molecular weight is 522 g/mol. The molecule has 0 unspecified atom stereocenters. The molecule has 0 spiro atoms. The Kier molecular flexibility index (Phi) is 4.82. The smallest absolute Gasteiger partial charge is 0.259 e. The fourth-order valence-electron chi connectivity index (χ4n) is 2.33. The number of nitrogen functional groups attached to an aromatic ring is 1. The van der Waals surface area contributed by atoms with Crippen LogP contribution in [0.25, 0.3) is 11.3 Å². The molecule has 0 aliphatic rings. The Hall–Kier alpha value is -1.95. The molecule has 6 nitrogen and oxygen atoms in total. The topological polar surface area (TPSA) is 89.0 Å². The van der Waals surface area contributed by atoms with Crippen molar-refractivity contribution >= 4 is 55.6 Å². The van der Waals surface area contributed by atoms with Gasteiger partial charge in [-0.05, 0) is 62.8 Å². The van der Waals surface area contributed by atoms with Crippen molar-refractivity contribution in [3.63, 3.8) is 0 Å². The summed E-state index contributed by atoms with van der Waals surface area (Å²) in [6.07, 6.45) is 0. The second kappa shape index (κ2) is 6.75. The van der Waals surface area contributed by atoms with Gasteiger partial charge in [0.25, 0.3) is 5.88 Å². The average Bonchev–Trinajstić information content (AvgIpc) is 2.88. The number of aromatic nitrogens is 3. The van der Waals surface area contributed by atoms with Gasteiger partial charge >= 0.3 is 0 Å². The molecule has 1 heterocycles. The molecule has 130 valence electrons. The van der Waals surface area contributed by atoms with Crippen LogP contribution in [0.15, 0.2) is 28.7 Å². The number of nitrogens with one attached hydrogen (secondary N) is 1. The van der Waals surface area contributed by atoms with Crippen molar-refractivity contribution in [3.05, 3.63) is 43.9 Å². The van der Waals surface area contributed by atoms with Crippen LogP contribution in [-0.4, -0.2) is 20.1 Å². The minimum atomic E-state index is -1.12. The number of nitrogens with zero attached hydrogens (tertiary/aromatic N) is 3. The number of anilines is 3. The number of rotatable bonds is 3. The summed E-state index contributed by atoms with van der Waals surface area (Å²) < 4.78 is 30.8. The van der Waals surface area contributed by atoms with Crippen molar-refractivity contribution in [2.45, 2.75) is 0 Å². The predicted molar refractivity (Wildman–Crippen MR) is 103 cm³/mol. The highest BCUT2D eigenvalue weighted by molar-refractivity contribution is 14.1. The van der Waals surface area contributed by atoms with Gasteiger partial charge in [-0.15, -0.1) is 0 Å². The third-order valence-corrected chi connectivity index (χ3v) is 4.75. The zero-order chi connectivity index (χ0) is 18.3. The second-order valence-corrected chi connectivity index (χ2v) is 7.25. The highest BCUT2D eigenvalue weighted by Gasteiger charge is 2.24. The molecule has 1 aromatic heterocycles. The molecule has 0 saturated carbocycles. The van der Waals surface area contributed by atoms with Gasteiger partial charge in [0, 0.05) is 16.2 Å². The maximum absolute atomic E-state index is 14.6. The van der Waals surface area contributed by atoms with Gasteiger partial charge in [-0.25, -0.2) is 13.5 Å². The molecule has 0 saturated heterocycles. The lowest BCUT2D eigenvalue weighted by molar-refractivity contribution is 0.453. The number of nitrogens with two attached hydrogens (primary N) is 1. The first-order valence-corrected chi connectivity index (χ1v) is 8.75. The lowest BCUT2D eigenvalue weighted by atomic mass is 10.1. The van der Waals surface area contributed by atoms with Gasteiger partial charge in [0.1, 0.15) is 5.69 Å². The highest BCUT2D eigenvalue weighted by Crippen LogP contribution is 2.40. The summed E-state index contributed by atoms with van der Waals surface area (Å²) in [6, 6.07) is 6.46. The summed E-state index contributed by atoms with van der Waals surface area (Å²) in [5.74, 6) is -2.59. The van der Waals surface area contributed by atoms with Crippen LogP contribution < -0.4 is 11.1 Å². The summed E-state index contributed by atoms with van der Waals surface area (Å²) in [5.41, 5.74) is 6.83. The van der Waals surface area contributed by atoms with E-state index in [9.17, 15) is 13.9 Å². The van der Waals surface area contributed by atoms with Crippen molar-refractivity contribution in [3.8, 4) is 17.1 Å². The molecular formula is C15H11BrF2IN5O. The maximum atomic E-state index is 14.6. The van der Waals surface area contributed by atoms with Crippen molar-refractivity contribution in [1.29, 1.82) is 0 Å². The Morgan fingerprint density at radius 1 is 1.28 bits per heavy atom. The van der Waals surface area contributed by atoms with Crippen LogP contribution in [0.1, 0.15) is 0 Å². The summed E-state index contributed by atoms with van der Waals surface area (Å²) >= 11 is 5.07. The zero-order valence-corrected chi connectivity index (χ0v) is 16.4. The first-order chi connectivity index (χ1) is 11.8. The minimum Gasteiger partial charge on any atom is -0.491 e. The van der Waals surface area contributed by atoms with Gasteiger partial charge in [-0.3, -0.25) is 0 Å². The van der Waals surface area contributed by atoms with Crippen LogP contribution in [0.3, 0.4) is 0 Å². The van der Waals surface area contributed by atoms with E-state index < -0.39 is 17.5 Å². The molecule has 0 bridgehead atoms. The van der Waals surface area contributed by atoms with Crippen LogP contribution >= 0.6 is 38.5 Å². The highest BCUT2D eigenvalue weighted by atomic mass is 127. The van der Waals surface area contributed by atoms with Gasteiger partial charge in [0.2, 0.25) is 0 Å². The van der Waals surface area contributed by atoms with Crippen molar-refractivity contribution in [2.24, 2.45) is 7.05 Å². The Bertz CT molecular complexity index is 960. The quantitative estimate of drug-likeness (QED) is 0.273. The molecular weight excluding hydrogens is 511 g/mol. The van der Waals surface area contributed by atoms with Gasteiger partial charge in [0.05, 0.1) is 21.5 Å². The lowest BCUT2D eigenvalue weighted by Crippen LogP contribution is -2.05. The fourth-order valence-corrected chi connectivity index (χ4v) is 3.25. The Balaban J connectivity index is 2.23. The Morgan fingerprint density at radius 2 is 2.00 bits per heavy atom. The summed E-state index contributed by atoms with van der Waals surface area (Å²) in [4.78, 5) is 0. The van der Waals surface area contributed by atoms with Crippen LogP contribution in [0.4, 0.5) is 25.8 Å². The number of aryl methyl sites for hydroxylation is 1. The van der Waals surface area contributed by atoms with Gasteiger partial charge in [-0.1, -0.05) is 10.3 Å². The maximum Gasteiger partial charge on any atom is 0.259 e. The Labute approximate surface area is 163 Å². The van der Waals surface area contributed by atoms with E-state index in [0.29, 0.717) is 11.4 Å². The largest absolute Gasteiger partial charge is 0.491 e. The standard InChI is InChI=1S/C15H11BrF2IN5O/c1-24-14(15(25)22-23-24)7-5-8(16)11(17)12(18)13(7)21-10-3-2-6(19)4-9(10)20/h2-5,21,25H,20H2,1H3. The van der Waals surface area contributed by atoms with Crippen LogP contribution in [-0.2, 0) is 7.05 Å². The summed E-state index contributed by atoms with van der Waals surface area (Å²) in [6.45, 7) is 0.